The van der Waals surface area contributed by atoms with Gasteiger partial charge in [-0.05, 0) is 37.0 Å². The Morgan fingerprint density at radius 2 is 2.00 bits per heavy atom. The van der Waals surface area contributed by atoms with Crippen molar-refractivity contribution < 1.29 is 4.79 Å². The molecule has 3 atom stereocenters. The van der Waals surface area contributed by atoms with Gasteiger partial charge in [-0.3, -0.25) is 4.79 Å². The number of carbonyl (C=O) groups excluding carboxylic acids is 1. The van der Waals surface area contributed by atoms with Gasteiger partial charge in [0.05, 0.1) is 0 Å². The predicted octanol–water partition coefficient (Wildman–Crippen LogP) is 2.87. The lowest BCUT2D eigenvalue weighted by molar-refractivity contribution is -0.124. The smallest absolute Gasteiger partial charge is 0.223 e. The average molecular weight is 289 g/mol. The first-order valence-electron chi connectivity index (χ1n) is 7.61. The highest BCUT2D eigenvalue weighted by atomic mass is 35.5. The number of carbonyl (C=O) groups is 1. The molecule has 4 heteroatoms. The fourth-order valence-corrected chi connectivity index (χ4v) is 3.40. The molecule has 0 saturated heterocycles. The molecule has 0 aromatic rings. The zero-order valence-corrected chi connectivity index (χ0v) is 13.1. The third kappa shape index (κ3) is 3.85. The normalized spacial score (nSPS) is 32.3. The molecule has 3 unspecified atom stereocenters. The number of amides is 1. The lowest BCUT2D eigenvalue weighted by Gasteiger charge is -2.30. The van der Waals surface area contributed by atoms with Crippen molar-refractivity contribution in [3.8, 4) is 0 Å². The second kappa shape index (κ2) is 6.94. The number of halogens is 1. The van der Waals surface area contributed by atoms with Gasteiger partial charge in [0.15, 0.2) is 0 Å². The molecule has 3 N–H and O–H groups in total. The lowest BCUT2D eigenvalue weighted by atomic mass is 9.83. The number of rotatable bonds is 5. The number of nitrogens with one attached hydrogen (secondary N) is 1. The number of nitrogens with two attached hydrogens (primary N) is 1. The second-order valence-corrected chi connectivity index (χ2v) is 6.51. The van der Waals surface area contributed by atoms with Crippen LogP contribution in [0.25, 0.3) is 0 Å². The molecule has 0 aliphatic heterocycles. The van der Waals surface area contributed by atoms with E-state index in [2.05, 4.69) is 19.2 Å². The van der Waals surface area contributed by atoms with Crippen LogP contribution >= 0.6 is 12.4 Å². The van der Waals surface area contributed by atoms with Crippen molar-refractivity contribution >= 4 is 18.3 Å². The fraction of sp³-hybridized carbons (Fsp3) is 0.933. The molecule has 2 fully saturated rings. The maximum Gasteiger partial charge on any atom is 0.223 e. The molecule has 0 radical (unpaired) electrons. The summed E-state index contributed by atoms with van der Waals surface area (Å²) >= 11 is 0. The highest BCUT2D eigenvalue weighted by Crippen LogP contribution is 2.54. The molecule has 0 spiro atoms. The van der Waals surface area contributed by atoms with Crippen LogP contribution in [0.15, 0.2) is 0 Å². The lowest BCUT2D eigenvalue weighted by Crippen LogP contribution is -2.46. The fourth-order valence-electron chi connectivity index (χ4n) is 3.40. The minimum atomic E-state index is 0. The highest BCUT2D eigenvalue weighted by Gasteiger charge is 2.53. The SMILES string of the molecule is CCC1(C)CC1C(=O)NC(CN)C1CCCCC1.Cl. The molecule has 1 amide bonds. The number of hydrogen-bond donors (Lipinski definition) is 2. The Labute approximate surface area is 123 Å². The van der Waals surface area contributed by atoms with Crippen LogP contribution in [0.2, 0.25) is 0 Å². The van der Waals surface area contributed by atoms with Crippen LogP contribution in [0, 0.1) is 17.3 Å². The Morgan fingerprint density at radius 1 is 1.37 bits per heavy atom. The van der Waals surface area contributed by atoms with Gasteiger partial charge in [-0.25, -0.2) is 0 Å². The first-order chi connectivity index (χ1) is 8.60. The molecule has 2 rings (SSSR count). The monoisotopic (exact) mass is 288 g/mol. The molecule has 0 bridgehead atoms. The van der Waals surface area contributed by atoms with E-state index in [1.807, 2.05) is 0 Å². The Hall–Kier alpha value is -0.280. The van der Waals surface area contributed by atoms with E-state index in [1.54, 1.807) is 0 Å². The zero-order valence-electron chi connectivity index (χ0n) is 12.3. The van der Waals surface area contributed by atoms with Crippen LogP contribution in [0.3, 0.4) is 0 Å². The van der Waals surface area contributed by atoms with Crippen LogP contribution in [0.4, 0.5) is 0 Å². The molecular formula is C15H29ClN2O. The van der Waals surface area contributed by atoms with Gasteiger partial charge < -0.3 is 11.1 Å². The summed E-state index contributed by atoms with van der Waals surface area (Å²) in [6.07, 6.45) is 8.56. The van der Waals surface area contributed by atoms with Gasteiger partial charge in [-0.15, -0.1) is 12.4 Å². The van der Waals surface area contributed by atoms with Crippen LogP contribution in [0.1, 0.15) is 58.8 Å². The van der Waals surface area contributed by atoms with Gasteiger partial charge in [0, 0.05) is 18.5 Å². The molecule has 112 valence electrons. The quantitative estimate of drug-likeness (QED) is 0.817. The molecule has 0 heterocycles. The average Bonchev–Trinajstić information content (AvgIpc) is 3.10. The Kier molecular flexibility index (Phi) is 6.13. The van der Waals surface area contributed by atoms with E-state index >= 15 is 0 Å². The Morgan fingerprint density at radius 3 is 2.47 bits per heavy atom. The van der Waals surface area contributed by atoms with Gasteiger partial charge in [-0.1, -0.05) is 33.1 Å². The Balaban J connectivity index is 0.00000180. The summed E-state index contributed by atoms with van der Waals surface area (Å²) in [5, 5.41) is 3.22. The third-order valence-electron chi connectivity index (χ3n) is 5.28. The molecule has 0 aromatic heterocycles. The van der Waals surface area contributed by atoms with Crippen LogP contribution < -0.4 is 11.1 Å². The van der Waals surface area contributed by atoms with Gasteiger partial charge in [0.1, 0.15) is 0 Å². The van der Waals surface area contributed by atoms with Crippen molar-refractivity contribution in [2.24, 2.45) is 23.0 Å². The highest BCUT2D eigenvalue weighted by molar-refractivity contribution is 5.85. The summed E-state index contributed by atoms with van der Waals surface area (Å²) in [5.41, 5.74) is 6.12. The number of hydrogen-bond acceptors (Lipinski definition) is 2. The van der Waals surface area contributed by atoms with Crippen molar-refractivity contribution in [3.63, 3.8) is 0 Å². The van der Waals surface area contributed by atoms with Crippen molar-refractivity contribution in [3.05, 3.63) is 0 Å². The maximum absolute atomic E-state index is 12.2. The molecule has 2 aliphatic rings. The van der Waals surface area contributed by atoms with E-state index in [0.29, 0.717) is 12.5 Å². The van der Waals surface area contributed by atoms with Crippen molar-refractivity contribution in [1.82, 2.24) is 5.32 Å². The molecule has 2 saturated carbocycles. The summed E-state index contributed by atoms with van der Waals surface area (Å²) in [4.78, 5) is 12.2. The maximum atomic E-state index is 12.2. The minimum Gasteiger partial charge on any atom is -0.352 e. The van der Waals surface area contributed by atoms with Gasteiger partial charge >= 0.3 is 0 Å². The summed E-state index contributed by atoms with van der Waals surface area (Å²) in [6.45, 7) is 4.98. The summed E-state index contributed by atoms with van der Waals surface area (Å²) in [5.74, 6) is 1.10. The van der Waals surface area contributed by atoms with Gasteiger partial charge in [-0.2, -0.15) is 0 Å². The minimum absolute atomic E-state index is 0. The van der Waals surface area contributed by atoms with Crippen molar-refractivity contribution in [1.29, 1.82) is 0 Å². The van der Waals surface area contributed by atoms with Crippen LogP contribution in [-0.4, -0.2) is 18.5 Å². The molecule has 3 nitrogen and oxygen atoms in total. The van der Waals surface area contributed by atoms with E-state index in [1.165, 1.54) is 32.1 Å². The first-order valence-corrected chi connectivity index (χ1v) is 7.61. The van der Waals surface area contributed by atoms with E-state index in [0.717, 1.165) is 12.8 Å². The standard InChI is InChI=1S/C15H28N2O.ClH/c1-3-15(2)9-12(15)14(18)17-13(10-16)11-7-5-4-6-8-11;/h11-13H,3-10,16H2,1-2H3,(H,17,18);1H. The molecule has 19 heavy (non-hydrogen) atoms. The van der Waals surface area contributed by atoms with E-state index in [-0.39, 0.29) is 35.7 Å². The van der Waals surface area contributed by atoms with E-state index in [4.69, 9.17) is 5.73 Å². The topological polar surface area (TPSA) is 55.1 Å². The van der Waals surface area contributed by atoms with Crippen LogP contribution in [0.5, 0.6) is 0 Å². The summed E-state index contributed by atoms with van der Waals surface area (Å²) in [7, 11) is 0. The Bertz CT molecular complexity index is 305. The van der Waals surface area contributed by atoms with Crippen molar-refractivity contribution in [2.75, 3.05) is 6.54 Å². The molecule has 2 aliphatic carbocycles. The molecular weight excluding hydrogens is 260 g/mol. The summed E-state index contributed by atoms with van der Waals surface area (Å²) < 4.78 is 0. The van der Waals surface area contributed by atoms with Gasteiger partial charge in [0.25, 0.3) is 0 Å². The predicted molar refractivity (Wildman–Crippen MR) is 81.3 cm³/mol. The second-order valence-electron chi connectivity index (χ2n) is 6.51. The zero-order chi connectivity index (χ0) is 13.2. The largest absolute Gasteiger partial charge is 0.352 e. The third-order valence-corrected chi connectivity index (χ3v) is 5.28. The van der Waals surface area contributed by atoms with Crippen LogP contribution in [-0.2, 0) is 4.79 Å². The molecule has 0 aromatic carbocycles. The first kappa shape index (κ1) is 16.8. The van der Waals surface area contributed by atoms with E-state index in [9.17, 15) is 4.79 Å². The van der Waals surface area contributed by atoms with Gasteiger partial charge in [0.2, 0.25) is 5.91 Å². The van der Waals surface area contributed by atoms with Crippen molar-refractivity contribution in [2.45, 2.75) is 64.8 Å². The summed E-state index contributed by atoms with van der Waals surface area (Å²) in [6, 6.07) is 0.208. The van der Waals surface area contributed by atoms with E-state index < -0.39 is 0 Å².